The number of aryl methyl sites for hydroxylation is 1. The van der Waals surface area contributed by atoms with Gasteiger partial charge in [0.1, 0.15) is 11.3 Å². The van der Waals surface area contributed by atoms with Gasteiger partial charge in [0.05, 0.1) is 17.6 Å². The Morgan fingerprint density at radius 3 is 2.59 bits per heavy atom. The number of anilines is 1. The zero-order valence-electron chi connectivity index (χ0n) is 25.2. The van der Waals surface area contributed by atoms with E-state index in [1.54, 1.807) is 30.3 Å². The van der Waals surface area contributed by atoms with Gasteiger partial charge in [-0.15, -0.1) is 0 Å². The van der Waals surface area contributed by atoms with E-state index in [4.69, 9.17) is 0 Å². The van der Waals surface area contributed by atoms with Crippen LogP contribution in [0, 0.1) is 24.7 Å². The number of hydrogen-bond acceptors (Lipinski definition) is 7. The number of ketones is 1. The van der Waals surface area contributed by atoms with Crippen molar-refractivity contribution in [3.8, 4) is 0 Å². The Morgan fingerprint density at radius 1 is 1.05 bits per heavy atom. The lowest BCUT2D eigenvalue weighted by Crippen LogP contribution is -2.37. The molecule has 0 spiro atoms. The molecule has 44 heavy (non-hydrogen) atoms. The van der Waals surface area contributed by atoms with Crippen molar-refractivity contribution in [2.75, 3.05) is 18.4 Å². The molecule has 4 aromatic rings. The largest absolute Gasteiger partial charge is 0.362 e. The molecule has 0 amide bonds. The molecule has 4 unspecified atom stereocenters. The first-order chi connectivity index (χ1) is 21.3. The molecule has 4 atom stereocenters. The zero-order valence-corrected chi connectivity index (χ0v) is 26.0. The molecule has 2 aliphatic carbocycles. The summed E-state index contributed by atoms with van der Waals surface area (Å²) >= 11 is 0. The normalized spacial score (nSPS) is 21.7. The van der Waals surface area contributed by atoms with Gasteiger partial charge in [-0.25, -0.2) is 22.4 Å². The quantitative estimate of drug-likeness (QED) is 0.223. The van der Waals surface area contributed by atoms with Crippen LogP contribution in [0.5, 0.6) is 0 Å². The molecule has 1 saturated carbocycles. The van der Waals surface area contributed by atoms with Crippen LogP contribution < -0.4 is 5.32 Å². The van der Waals surface area contributed by atoms with Gasteiger partial charge < -0.3 is 5.32 Å². The van der Waals surface area contributed by atoms with E-state index in [9.17, 15) is 13.2 Å². The summed E-state index contributed by atoms with van der Waals surface area (Å²) < 4.78 is 27.6. The minimum atomic E-state index is -3.81. The second-order valence-electron chi connectivity index (χ2n) is 12.1. The van der Waals surface area contributed by atoms with Crippen LogP contribution in [-0.4, -0.2) is 52.2 Å². The molecule has 1 N–H and O–H groups in total. The molecule has 2 aromatic carbocycles. The SMILES string of the molecule is Cc1ccc(S(=O)(=O)n2ccc3nc(NCC(=O)C4CC(N(Cc5ccccc5)CC5C=CC=CC5)CC4C)cnc32)cc1. The first kappa shape index (κ1) is 30.0. The summed E-state index contributed by atoms with van der Waals surface area (Å²) in [5.41, 5.74) is 2.96. The summed E-state index contributed by atoms with van der Waals surface area (Å²) in [7, 11) is -3.81. The maximum absolute atomic E-state index is 13.5. The van der Waals surface area contributed by atoms with Gasteiger partial charge in [0, 0.05) is 31.2 Å². The van der Waals surface area contributed by atoms with Crippen molar-refractivity contribution in [3.05, 3.63) is 108 Å². The van der Waals surface area contributed by atoms with Crippen molar-refractivity contribution in [2.24, 2.45) is 17.8 Å². The van der Waals surface area contributed by atoms with Crippen LogP contribution in [0.1, 0.15) is 37.3 Å². The Kier molecular flexibility index (Phi) is 8.77. The van der Waals surface area contributed by atoms with Gasteiger partial charge >= 0.3 is 0 Å². The third-order valence-electron chi connectivity index (χ3n) is 8.93. The van der Waals surface area contributed by atoms with E-state index in [0.717, 1.165) is 41.9 Å². The number of benzene rings is 2. The van der Waals surface area contributed by atoms with Gasteiger partial charge in [-0.1, -0.05) is 79.3 Å². The van der Waals surface area contributed by atoms with E-state index in [-0.39, 0.29) is 34.7 Å². The summed E-state index contributed by atoms with van der Waals surface area (Å²) in [4.78, 5) is 25.2. The average molecular weight is 610 g/mol. The number of carbonyl (C=O) groups is 1. The van der Waals surface area contributed by atoms with E-state index in [1.165, 1.54) is 18.0 Å². The van der Waals surface area contributed by atoms with Crippen LogP contribution in [0.3, 0.4) is 0 Å². The number of hydrogen-bond donors (Lipinski definition) is 1. The van der Waals surface area contributed by atoms with Crippen molar-refractivity contribution < 1.29 is 13.2 Å². The van der Waals surface area contributed by atoms with Gasteiger partial charge in [0.2, 0.25) is 0 Å². The van der Waals surface area contributed by atoms with Crippen LogP contribution in [0.4, 0.5) is 5.82 Å². The second-order valence-corrected chi connectivity index (χ2v) is 14.0. The van der Waals surface area contributed by atoms with Crippen LogP contribution in [-0.2, 0) is 21.4 Å². The highest BCUT2D eigenvalue weighted by atomic mass is 32.2. The fourth-order valence-electron chi connectivity index (χ4n) is 6.49. The molecule has 2 heterocycles. The number of fused-ring (bicyclic) bond motifs is 1. The Labute approximate surface area is 259 Å². The smallest absolute Gasteiger partial charge is 0.269 e. The number of Topliss-reactive ketones (excluding diaryl/α,β-unsaturated/α-hetero) is 1. The van der Waals surface area contributed by atoms with E-state index in [0.29, 0.717) is 23.3 Å². The maximum Gasteiger partial charge on any atom is 0.269 e. The van der Waals surface area contributed by atoms with Gasteiger partial charge in [0.25, 0.3) is 10.0 Å². The fourth-order valence-corrected chi connectivity index (χ4v) is 7.79. The van der Waals surface area contributed by atoms with Crippen molar-refractivity contribution >= 4 is 32.8 Å². The van der Waals surface area contributed by atoms with Gasteiger partial charge in [-0.05, 0) is 61.8 Å². The molecule has 2 aromatic heterocycles. The molecule has 6 rings (SSSR count). The second kappa shape index (κ2) is 12.9. The topological polar surface area (TPSA) is 97.2 Å². The number of aromatic nitrogens is 3. The monoisotopic (exact) mass is 609 g/mol. The molecule has 228 valence electrons. The molecular weight excluding hydrogens is 570 g/mol. The van der Waals surface area contributed by atoms with E-state index in [1.807, 2.05) is 13.0 Å². The number of allylic oxidation sites excluding steroid dienone is 3. The van der Waals surface area contributed by atoms with Gasteiger partial charge in [-0.2, -0.15) is 0 Å². The minimum absolute atomic E-state index is 0.0370. The fraction of sp³-hybridized carbons (Fsp3) is 0.343. The molecule has 0 aliphatic heterocycles. The van der Waals surface area contributed by atoms with Crippen LogP contribution in [0.2, 0.25) is 0 Å². The summed E-state index contributed by atoms with van der Waals surface area (Å²) in [5.74, 6) is 1.34. The summed E-state index contributed by atoms with van der Waals surface area (Å²) in [6, 6.07) is 19.3. The first-order valence-corrected chi connectivity index (χ1v) is 16.8. The van der Waals surface area contributed by atoms with Crippen LogP contribution in [0.25, 0.3) is 11.2 Å². The van der Waals surface area contributed by atoms with Crippen molar-refractivity contribution in [1.29, 1.82) is 0 Å². The molecule has 0 saturated heterocycles. The molecule has 9 heteroatoms. The minimum Gasteiger partial charge on any atom is -0.362 e. The lowest BCUT2D eigenvalue weighted by atomic mass is 9.93. The summed E-state index contributed by atoms with van der Waals surface area (Å²) in [6.45, 7) is 6.10. The highest BCUT2D eigenvalue weighted by Gasteiger charge is 2.38. The third-order valence-corrected chi connectivity index (χ3v) is 10.6. The van der Waals surface area contributed by atoms with E-state index < -0.39 is 10.0 Å². The number of nitrogens with one attached hydrogen (secondary N) is 1. The summed E-state index contributed by atoms with van der Waals surface area (Å²) in [6.07, 6.45) is 14.6. The van der Waals surface area contributed by atoms with E-state index in [2.05, 4.69) is 75.7 Å². The standard InChI is InChI=1S/C35H39N5O3S/c1-25-13-15-30(16-14-25)44(42,43)40-18-17-32-35(40)37-22-34(38-32)36-21-33(41)31-20-29(19-26(31)2)39(23-27-9-5-3-6-10-27)24-28-11-7-4-8-12-28/h3-11,13-18,22,26,28-29,31H,12,19-21,23-24H2,1-2H3,(H,36,38). The lowest BCUT2D eigenvalue weighted by Gasteiger charge is -2.32. The lowest BCUT2D eigenvalue weighted by molar-refractivity contribution is -0.122. The molecule has 0 bridgehead atoms. The maximum atomic E-state index is 13.5. The van der Waals surface area contributed by atoms with Crippen molar-refractivity contribution in [1.82, 2.24) is 18.8 Å². The highest BCUT2D eigenvalue weighted by Crippen LogP contribution is 2.37. The van der Waals surface area contributed by atoms with Crippen LogP contribution in [0.15, 0.2) is 102 Å². The molecule has 0 radical (unpaired) electrons. The molecule has 2 aliphatic rings. The van der Waals surface area contributed by atoms with Crippen LogP contribution >= 0.6 is 0 Å². The van der Waals surface area contributed by atoms with E-state index >= 15 is 0 Å². The highest BCUT2D eigenvalue weighted by molar-refractivity contribution is 7.90. The Morgan fingerprint density at radius 2 is 1.84 bits per heavy atom. The molecule has 1 fully saturated rings. The van der Waals surface area contributed by atoms with Gasteiger partial charge in [0.15, 0.2) is 11.4 Å². The number of carbonyl (C=O) groups excluding carboxylic acids is 1. The summed E-state index contributed by atoms with van der Waals surface area (Å²) in [5, 5.41) is 3.16. The number of nitrogens with zero attached hydrogens (tertiary/aromatic N) is 4. The molecular formula is C35H39N5O3S. The Bertz CT molecular complexity index is 1780. The molecule has 8 nitrogen and oxygen atoms in total. The Hall–Kier alpha value is -4.08. The number of rotatable bonds is 11. The Balaban J connectivity index is 1.11. The first-order valence-electron chi connectivity index (χ1n) is 15.3. The van der Waals surface area contributed by atoms with Crippen molar-refractivity contribution in [2.45, 2.75) is 50.6 Å². The predicted octanol–water partition coefficient (Wildman–Crippen LogP) is 6.01. The van der Waals surface area contributed by atoms with Gasteiger partial charge in [-0.3, -0.25) is 9.69 Å². The predicted molar refractivity (Wildman–Crippen MR) is 174 cm³/mol. The average Bonchev–Trinajstić information content (AvgIpc) is 3.65. The third kappa shape index (κ3) is 6.54. The zero-order chi connectivity index (χ0) is 30.7. The van der Waals surface area contributed by atoms with Crippen molar-refractivity contribution in [3.63, 3.8) is 0 Å².